The summed E-state index contributed by atoms with van der Waals surface area (Å²) in [7, 11) is 0. The number of rotatable bonds is 5. The van der Waals surface area contributed by atoms with Crippen LogP contribution in [0.15, 0.2) is 18.2 Å². The Labute approximate surface area is 133 Å². The second-order valence-electron chi connectivity index (χ2n) is 6.69. The molecule has 0 saturated heterocycles. The molecule has 1 fully saturated rings. The van der Waals surface area contributed by atoms with E-state index in [0.717, 1.165) is 30.4 Å². The Morgan fingerprint density at radius 1 is 1.33 bits per heavy atom. The third-order valence-electron chi connectivity index (χ3n) is 4.91. The molecule has 118 valence electrons. The first kappa shape index (κ1) is 16.8. The van der Waals surface area contributed by atoms with Crippen LogP contribution < -0.4 is 5.32 Å². The average Bonchev–Trinajstić information content (AvgIpc) is 2.45. The van der Waals surface area contributed by atoms with Gasteiger partial charge < -0.3 is 5.32 Å². The van der Waals surface area contributed by atoms with Crippen molar-refractivity contribution < 1.29 is 4.39 Å². The van der Waals surface area contributed by atoms with Crippen LogP contribution in [0.25, 0.3) is 0 Å². The highest BCUT2D eigenvalue weighted by Crippen LogP contribution is 2.36. The molecule has 3 unspecified atom stereocenters. The lowest BCUT2D eigenvalue weighted by Crippen LogP contribution is -2.42. The molecule has 21 heavy (non-hydrogen) atoms. The number of nitrogens with one attached hydrogen (secondary N) is 1. The minimum Gasteiger partial charge on any atom is -0.314 e. The van der Waals surface area contributed by atoms with Crippen LogP contribution in [0, 0.1) is 23.6 Å². The van der Waals surface area contributed by atoms with E-state index < -0.39 is 0 Å². The molecule has 0 spiro atoms. The lowest BCUT2D eigenvalue weighted by atomic mass is 9.71. The van der Waals surface area contributed by atoms with E-state index in [1.54, 1.807) is 6.07 Å². The molecule has 1 aliphatic rings. The number of halogens is 2. The molecule has 1 aromatic rings. The topological polar surface area (TPSA) is 12.0 Å². The van der Waals surface area contributed by atoms with E-state index in [4.69, 9.17) is 11.6 Å². The average molecular weight is 312 g/mol. The van der Waals surface area contributed by atoms with E-state index in [9.17, 15) is 4.39 Å². The second-order valence-corrected chi connectivity index (χ2v) is 7.10. The Hall–Kier alpha value is -0.600. The van der Waals surface area contributed by atoms with Gasteiger partial charge in [-0.15, -0.1) is 0 Å². The van der Waals surface area contributed by atoms with Crippen LogP contribution in [0.2, 0.25) is 5.02 Å². The molecule has 1 N–H and O–H groups in total. The Kier molecular flexibility index (Phi) is 6.07. The van der Waals surface area contributed by atoms with Gasteiger partial charge in [-0.3, -0.25) is 0 Å². The van der Waals surface area contributed by atoms with Crippen LogP contribution in [-0.2, 0) is 6.42 Å². The Morgan fingerprint density at radius 3 is 2.71 bits per heavy atom. The fourth-order valence-corrected chi connectivity index (χ4v) is 3.83. The smallest absolute Gasteiger partial charge is 0.141 e. The van der Waals surface area contributed by atoms with E-state index in [2.05, 4.69) is 26.1 Å². The molecular formula is C18H27ClFN. The fraction of sp³-hybridized carbons (Fsp3) is 0.667. The molecule has 0 radical (unpaired) electrons. The molecule has 0 amide bonds. The van der Waals surface area contributed by atoms with Crippen LogP contribution in [0.5, 0.6) is 0 Å². The normalized spacial score (nSPS) is 26.3. The minimum atomic E-state index is -0.327. The van der Waals surface area contributed by atoms with Crippen LogP contribution in [0.1, 0.15) is 45.6 Å². The first-order chi connectivity index (χ1) is 10.0. The molecule has 3 heteroatoms. The maximum Gasteiger partial charge on any atom is 0.141 e. The van der Waals surface area contributed by atoms with Gasteiger partial charge in [0, 0.05) is 6.04 Å². The van der Waals surface area contributed by atoms with Crippen molar-refractivity contribution in [2.45, 2.75) is 52.5 Å². The third-order valence-corrected chi connectivity index (χ3v) is 5.20. The highest BCUT2D eigenvalue weighted by Gasteiger charge is 2.31. The quantitative estimate of drug-likeness (QED) is 0.800. The van der Waals surface area contributed by atoms with Gasteiger partial charge in [0.15, 0.2) is 0 Å². The molecule has 1 aromatic carbocycles. The van der Waals surface area contributed by atoms with Crippen molar-refractivity contribution >= 4 is 11.6 Å². The van der Waals surface area contributed by atoms with E-state index in [1.165, 1.54) is 25.3 Å². The van der Waals surface area contributed by atoms with Gasteiger partial charge in [0.2, 0.25) is 0 Å². The number of benzene rings is 1. The molecule has 0 bridgehead atoms. The van der Waals surface area contributed by atoms with E-state index >= 15 is 0 Å². The van der Waals surface area contributed by atoms with Gasteiger partial charge in [-0.25, -0.2) is 4.39 Å². The van der Waals surface area contributed by atoms with Crippen LogP contribution in [0.4, 0.5) is 4.39 Å². The van der Waals surface area contributed by atoms with Gasteiger partial charge in [-0.2, -0.15) is 0 Å². The summed E-state index contributed by atoms with van der Waals surface area (Å²) in [5.41, 5.74) is 1.15. The Morgan fingerprint density at radius 2 is 2.10 bits per heavy atom. The summed E-state index contributed by atoms with van der Waals surface area (Å²) in [5, 5.41) is 3.87. The molecule has 1 nitrogen and oxygen atoms in total. The lowest BCUT2D eigenvalue weighted by molar-refractivity contribution is 0.169. The molecule has 1 saturated carbocycles. The van der Waals surface area contributed by atoms with Crippen molar-refractivity contribution in [3.8, 4) is 0 Å². The molecule has 2 rings (SSSR count). The summed E-state index contributed by atoms with van der Waals surface area (Å²) in [5.74, 6) is 1.84. The predicted molar refractivity (Wildman–Crippen MR) is 88.2 cm³/mol. The first-order valence-corrected chi connectivity index (χ1v) is 8.56. The molecule has 0 aliphatic heterocycles. The zero-order valence-corrected chi connectivity index (χ0v) is 14.1. The van der Waals surface area contributed by atoms with E-state index in [1.807, 2.05) is 6.07 Å². The summed E-state index contributed by atoms with van der Waals surface area (Å²) in [6.45, 7) is 7.83. The standard InChI is InChI=1S/C18H27ClFN/c1-4-21-18-8-6-14(12(2)3)11-15(18)9-13-5-7-17(20)16(19)10-13/h5,7,10,12,14-15,18,21H,4,6,8-9,11H2,1-3H3. The number of hydrogen-bond donors (Lipinski definition) is 1. The summed E-state index contributed by atoms with van der Waals surface area (Å²) in [6.07, 6.45) is 4.80. The van der Waals surface area contributed by atoms with Gasteiger partial charge >= 0.3 is 0 Å². The SMILES string of the molecule is CCNC1CCC(C(C)C)CC1Cc1ccc(F)c(Cl)c1. The van der Waals surface area contributed by atoms with Crippen LogP contribution in [-0.4, -0.2) is 12.6 Å². The summed E-state index contributed by atoms with van der Waals surface area (Å²) in [4.78, 5) is 0. The molecule has 3 atom stereocenters. The van der Waals surface area contributed by atoms with Crippen LogP contribution in [0.3, 0.4) is 0 Å². The summed E-state index contributed by atoms with van der Waals surface area (Å²) < 4.78 is 13.3. The molecule has 1 aliphatic carbocycles. The van der Waals surface area contributed by atoms with Gasteiger partial charge in [0.25, 0.3) is 0 Å². The summed E-state index contributed by atoms with van der Waals surface area (Å²) >= 11 is 5.92. The van der Waals surface area contributed by atoms with Crippen molar-refractivity contribution in [1.82, 2.24) is 5.32 Å². The Bertz CT molecular complexity index is 461. The van der Waals surface area contributed by atoms with Crippen LogP contribution >= 0.6 is 11.6 Å². The molecule has 0 aromatic heterocycles. The first-order valence-electron chi connectivity index (χ1n) is 8.18. The zero-order chi connectivity index (χ0) is 15.4. The third kappa shape index (κ3) is 4.43. The zero-order valence-electron chi connectivity index (χ0n) is 13.3. The van der Waals surface area contributed by atoms with E-state index in [-0.39, 0.29) is 10.8 Å². The van der Waals surface area contributed by atoms with Crippen molar-refractivity contribution in [1.29, 1.82) is 0 Å². The molecular weight excluding hydrogens is 285 g/mol. The predicted octanol–water partition coefficient (Wildman–Crippen LogP) is 5.07. The maximum absolute atomic E-state index is 13.3. The highest BCUT2D eigenvalue weighted by molar-refractivity contribution is 6.30. The van der Waals surface area contributed by atoms with Crippen molar-refractivity contribution in [3.05, 3.63) is 34.6 Å². The van der Waals surface area contributed by atoms with Crippen molar-refractivity contribution in [3.63, 3.8) is 0 Å². The van der Waals surface area contributed by atoms with Crippen molar-refractivity contribution in [2.75, 3.05) is 6.54 Å². The Balaban J connectivity index is 2.09. The number of hydrogen-bond acceptors (Lipinski definition) is 1. The van der Waals surface area contributed by atoms with Gasteiger partial charge in [-0.1, -0.05) is 38.4 Å². The summed E-state index contributed by atoms with van der Waals surface area (Å²) in [6, 6.07) is 5.74. The molecule has 0 heterocycles. The fourth-order valence-electron chi connectivity index (χ4n) is 3.63. The van der Waals surface area contributed by atoms with Gasteiger partial charge in [0.1, 0.15) is 5.82 Å². The van der Waals surface area contributed by atoms with Gasteiger partial charge in [-0.05, 0) is 67.7 Å². The van der Waals surface area contributed by atoms with E-state index in [0.29, 0.717) is 12.0 Å². The maximum atomic E-state index is 13.3. The monoisotopic (exact) mass is 311 g/mol. The lowest BCUT2D eigenvalue weighted by Gasteiger charge is -2.38. The van der Waals surface area contributed by atoms with Gasteiger partial charge in [0.05, 0.1) is 5.02 Å². The largest absolute Gasteiger partial charge is 0.314 e. The second kappa shape index (κ2) is 7.60. The highest BCUT2D eigenvalue weighted by atomic mass is 35.5. The van der Waals surface area contributed by atoms with Crippen molar-refractivity contribution in [2.24, 2.45) is 17.8 Å². The minimum absolute atomic E-state index is 0.240.